The molecule has 0 amide bonds. The van der Waals surface area contributed by atoms with Crippen LogP contribution in [0, 0.1) is 5.92 Å². The van der Waals surface area contributed by atoms with Crippen molar-refractivity contribution >= 4 is 24.0 Å². The first kappa shape index (κ1) is 52.6. The third kappa shape index (κ3) is 31.4. The molecule has 0 bridgehead atoms. The number of carbonyl (C=O) groups is 4. The number of unbranched alkanes of at least 4 members (excludes halogenated alkanes) is 14. The molecule has 0 aliphatic rings. The van der Waals surface area contributed by atoms with Crippen LogP contribution in [0.25, 0.3) is 0 Å². The predicted molar refractivity (Wildman–Crippen MR) is 229 cm³/mol. The molecule has 0 aromatic rings. The number of ketones is 1. The highest BCUT2D eigenvalue weighted by Gasteiger charge is 2.15. The summed E-state index contributed by atoms with van der Waals surface area (Å²) in [6, 6.07) is 0. The SMILES string of the molecule is CCCCCC(CCCCC)OC(=O)CCCCCCCN(CCCCCCCC(=O)OCC(CCCC)CCCC)CCCN/C(C(=O)C=O)=C(/C)NC. The van der Waals surface area contributed by atoms with Gasteiger partial charge in [-0.15, -0.1) is 0 Å². The zero-order chi connectivity index (χ0) is 40.8. The Morgan fingerprint density at radius 1 is 0.600 bits per heavy atom. The van der Waals surface area contributed by atoms with Gasteiger partial charge in [0.1, 0.15) is 11.8 Å². The average molecular weight is 778 g/mol. The van der Waals surface area contributed by atoms with Gasteiger partial charge in [-0.3, -0.25) is 19.2 Å². The van der Waals surface area contributed by atoms with Crippen molar-refractivity contribution in [1.29, 1.82) is 0 Å². The molecule has 0 aliphatic carbocycles. The van der Waals surface area contributed by atoms with E-state index in [1.807, 2.05) is 0 Å². The van der Waals surface area contributed by atoms with E-state index in [0.29, 0.717) is 49.6 Å². The van der Waals surface area contributed by atoms with Gasteiger partial charge >= 0.3 is 11.9 Å². The highest BCUT2D eigenvalue weighted by molar-refractivity contribution is 6.32. The van der Waals surface area contributed by atoms with Gasteiger partial charge in [-0.05, 0) is 103 Å². The van der Waals surface area contributed by atoms with E-state index < -0.39 is 5.78 Å². The molecule has 0 spiro atoms. The van der Waals surface area contributed by atoms with Crippen LogP contribution in [0.4, 0.5) is 0 Å². The molecule has 2 N–H and O–H groups in total. The van der Waals surface area contributed by atoms with Gasteiger partial charge in [0.2, 0.25) is 5.78 Å². The van der Waals surface area contributed by atoms with Gasteiger partial charge in [-0.1, -0.05) is 118 Å². The second-order valence-corrected chi connectivity index (χ2v) is 15.8. The van der Waals surface area contributed by atoms with Crippen molar-refractivity contribution in [3.63, 3.8) is 0 Å². The summed E-state index contributed by atoms with van der Waals surface area (Å²) in [5.41, 5.74) is 1.01. The first-order chi connectivity index (χ1) is 26.8. The molecule has 0 aromatic carbocycles. The predicted octanol–water partition coefficient (Wildman–Crippen LogP) is 10.8. The number of carbonyl (C=O) groups excluding carboxylic acids is 4. The molecule has 0 rings (SSSR count). The Labute approximate surface area is 338 Å². The first-order valence-corrected chi connectivity index (χ1v) is 22.9. The third-order valence-corrected chi connectivity index (χ3v) is 10.7. The van der Waals surface area contributed by atoms with E-state index >= 15 is 0 Å². The minimum atomic E-state index is -0.535. The van der Waals surface area contributed by atoms with Gasteiger partial charge in [0.15, 0.2) is 6.29 Å². The number of ether oxygens (including phenoxy) is 2. The Morgan fingerprint density at radius 3 is 1.60 bits per heavy atom. The quantitative estimate of drug-likeness (QED) is 0.0206. The molecule has 0 saturated carbocycles. The number of nitrogens with zero attached hydrogens (tertiary/aromatic N) is 1. The maximum Gasteiger partial charge on any atom is 0.306 e. The Hall–Kier alpha value is -2.42. The van der Waals surface area contributed by atoms with Crippen LogP contribution in [0.1, 0.15) is 208 Å². The molecule has 9 nitrogen and oxygen atoms in total. The van der Waals surface area contributed by atoms with E-state index in [1.54, 1.807) is 14.0 Å². The van der Waals surface area contributed by atoms with Crippen LogP contribution in [0.5, 0.6) is 0 Å². The van der Waals surface area contributed by atoms with Gasteiger partial charge in [0.25, 0.3) is 0 Å². The summed E-state index contributed by atoms with van der Waals surface area (Å²) in [5, 5.41) is 6.14. The van der Waals surface area contributed by atoms with Gasteiger partial charge in [0.05, 0.1) is 6.61 Å². The Bertz CT molecular complexity index is 969. The molecule has 0 atom stereocenters. The van der Waals surface area contributed by atoms with E-state index in [0.717, 1.165) is 129 Å². The van der Waals surface area contributed by atoms with Gasteiger partial charge in [0, 0.05) is 32.1 Å². The number of hydrogen-bond acceptors (Lipinski definition) is 9. The highest BCUT2D eigenvalue weighted by Crippen LogP contribution is 2.18. The van der Waals surface area contributed by atoms with Crippen molar-refractivity contribution in [3.8, 4) is 0 Å². The maximum absolute atomic E-state index is 12.6. The normalized spacial score (nSPS) is 11.9. The second-order valence-electron chi connectivity index (χ2n) is 15.8. The number of allylic oxidation sites excluding steroid dienone is 2. The summed E-state index contributed by atoms with van der Waals surface area (Å²) < 4.78 is 11.6. The smallest absolute Gasteiger partial charge is 0.306 e. The maximum atomic E-state index is 12.6. The average Bonchev–Trinajstić information content (AvgIpc) is 3.18. The molecule has 0 aromatic heterocycles. The van der Waals surface area contributed by atoms with E-state index in [1.165, 1.54) is 51.4 Å². The Balaban J connectivity index is 4.66. The molecule has 0 aliphatic heterocycles. The van der Waals surface area contributed by atoms with Crippen LogP contribution < -0.4 is 10.6 Å². The summed E-state index contributed by atoms with van der Waals surface area (Å²) >= 11 is 0. The van der Waals surface area contributed by atoms with E-state index in [-0.39, 0.29) is 18.0 Å². The Morgan fingerprint density at radius 2 is 1.09 bits per heavy atom. The molecule has 0 fully saturated rings. The fourth-order valence-corrected chi connectivity index (χ4v) is 7.04. The minimum absolute atomic E-state index is 0.0239. The van der Waals surface area contributed by atoms with E-state index in [2.05, 4.69) is 43.2 Å². The molecule has 322 valence electrons. The van der Waals surface area contributed by atoms with Crippen LogP contribution >= 0.6 is 0 Å². The number of esters is 2. The molecule has 0 unspecified atom stereocenters. The fraction of sp³-hybridized carbons (Fsp3) is 0.870. The van der Waals surface area contributed by atoms with Crippen molar-refractivity contribution in [2.75, 3.05) is 39.8 Å². The molecular formula is C46H87N3O6. The van der Waals surface area contributed by atoms with Crippen molar-refractivity contribution in [1.82, 2.24) is 15.5 Å². The molecule has 0 radical (unpaired) electrons. The van der Waals surface area contributed by atoms with Gasteiger partial charge in [-0.2, -0.15) is 0 Å². The number of aldehydes is 1. The van der Waals surface area contributed by atoms with Crippen molar-refractivity contribution < 1.29 is 28.7 Å². The molecule has 55 heavy (non-hydrogen) atoms. The third-order valence-electron chi connectivity index (χ3n) is 10.7. The van der Waals surface area contributed by atoms with Gasteiger partial charge < -0.3 is 25.0 Å². The van der Waals surface area contributed by atoms with Crippen LogP contribution in [0.15, 0.2) is 11.4 Å². The lowest BCUT2D eigenvalue weighted by atomic mass is 9.97. The first-order valence-electron chi connectivity index (χ1n) is 22.9. The Kier molecular flexibility index (Phi) is 36.8. The van der Waals surface area contributed by atoms with Crippen LogP contribution in [0.3, 0.4) is 0 Å². The topological polar surface area (TPSA) is 114 Å². The molecule has 0 heterocycles. The molecule has 9 heteroatoms. The zero-order valence-corrected chi connectivity index (χ0v) is 36.8. The van der Waals surface area contributed by atoms with E-state index in [4.69, 9.17) is 9.47 Å². The second kappa shape index (κ2) is 38.5. The summed E-state index contributed by atoms with van der Waals surface area (Å²) in [7, 11) is 1.74. The number of Topliss-reactive ketones (excluding diaryl/α,β-unsaturated/α-hetero) is 1. The zero-order valence-electron chi connectivity index (χ0n) is 36.8. The van der Waals surface area contributed by atoms with Crippen LogP contribution in [0.2, 0.25) is 0 Å². The lowest BCUT2D eigenvalue weighted by Gasteiger charge is -2.23. The molecule has 0 saturated heterocycles. The van der Waals surface area contributed by atoms with E-state index in [9.17, 15) is 19.2 Å². The summed E-state index contributed by atoms with van der Waals surface area (Å²) in [4.78, 5) is 50.7. The largest absolute Gasteiger partial charge is 0.465 e. The van der Waals surface area contributed by atoms with Crippen molar-refractivity contribution in [3.05, 3.63) is 11.4 Å². The van der Waals surface area contributed by atoms with Crippen molar-refractivity contribution in [2.45, 2.75) is 214 Å². The summed E-state index contributed by atoms with van der Waals surface area (Å²) in [6.07, 6.45) is 29.1. The summed E-state index contributed by atoms with van der Waals surface area (Å²) in [5.74, 6) is -0.0952. The van der Waals surface area contributed by atoms with Crippen LogP contribution in [-0.4, -0.2) is 74.8 Å². The lowest BCUT2D eigenvalue weighted by Crippen LogP contribution is -2.31. The highest BCUT2D eigenvalue weighted by atomic mass is 16.5. The molecular weight excluding hydrogens is 691 g/mol. The van der Waals surface area contributed by atoms with Crippen LogP contribution in [-0.2, 0) is 28.7 Å². The minimum Gasteiger partial charge on any atom is -0.465 e. The standard InChI is InChI=1S/C46H87N3O6/c1-7-11-21-30-42(31-22-12-8-2)55-45(53)33-24-18-16-20-26-36-49(37-27-34-48-46(40(5)47-6)43(51)38-50)35-25-19-15-17-23-32-44(52)54-39-41(28-13-9-3)29-14-10-4/h38,41-42,47-48H,7-37,39H2,1-6H3/b46-40-. The van der Waals surface area contributed by atoms with Gasteiger partial charge in [-0.25, -0.2) is 0 Å². The van der Waals surface area contributed by atoms with Crippen molar-refractivity contribution in [2.24, 2.45) is 5.92 Å². The fourth-order valence-electron chi connectivity index (χ4n) is 7.04. The number of nitrogens with one attached hydrogen (secondary N) is 2. The summed E-state index contributed by atoms with van der Waals surface area (Å²) in [6.45, 7) is 14.8. The lowest BCUT2D eigenvalue weighted by molar-refractivity contribution is -0.150. The monoisotopic (exact) mass is 778 g/mol. The number of rotatable bonds is 41. The number of hydrogen-bond donors (Lipinski definition) is 2.